The molecule has 0 atom stereocenters. The molecule has 0 saturated heterocycles. The van der Waals surface area contributed by atoms with Crippen LogP contribution in [0.4, 0.5) is 0 Å². The van der Waals surface area contributed by atoms with E-state index in [9.17, 15) is 9.59 Å². The minimum Gasteiger partial charge on any atom is -0.300 e. The van der Waals surface area contributed by atoms with E-state index in [1.54, 1.807) is 53.2 Å². The lowest BCUT2D eigenvalue weighted by molar-refractivity contribution is 0.691. The molecule has 2 aliphatic heterocycles. The third-order valence-corrected chi connectivity index (χ3v) is 7.72. The molecular formula is C12H10N2O2S4. The molecule has 3 rings (SSSR count). The molecule has 0 aromatic carbocycles. The maximum atomic E-state index is 12.0. The average molecular weight is 342 g/mol. The summed E-state index contributed by atoms with van der Waals surface area (Å²) in [4.78, 5) is 26.8. The smallest absolute Gasteiger partial charge is 0.300 e. The van der Waals surface area contributed by atoms with Crippen LogP contribution in [0.5, 0.6) is 0 Å². The van der Waals surface area contributed by atoms with E-state index in [4.69, 9.17) is 0 Å². The van der Waals surface area contributed by atoms with Gasteiger partial charge in [-0.1, -0.05) is 47.0 Å². The maximum absolute atomic E-state index is 12.0. The van der Waals surface area contributed by atoms with Crippen molar-refractivity contribution in [2.75, 3.05) is 0 Å². The summed E-state index contributed by atoms with van der Waals surface area (Å²) in [7, 11) is 0. The zero-order chi connectivity index (χ0) is 14.1. The van der Waals surface area contributed by atoms with Crippen molar-refractivity contribution in [1.29, 1.82) is 0 Å². The maximum Gasteiger partial charge on any atom is 0.328 e. The lowest BCUT2D eigenvalue weighted by Gasteiger charge is -2.05. The number of aryl methyl sites for hydroxylation is 1. The van der Waals surface area contributed by atoms with Crippen LogP contribution in [-0.2, 0) is 6.54 Å². The predicted molar refractivity (Wildman–Crippen MR) is 91.5 cm³/mol. The van der Waals surface area contributed by atoms with Crippen molar-refractivity contribution in [3.05, 3.63) is 57.3 Å². The Hall–Kier alpha value is -0.700. The van der Waals surface area contributed by atoms with Gasteiger partial charge in [0.15, 0.2) is 0 Å². The number of thioether (sulfide) groups is 4. The van der Waals surface area contributed by atoms with Gasteiger partial charge in [-0.2, -0.15) is 0 Å². The molecule has 20 heavy (non-hydrogen) atoms. The summed E-state index contributed by atoms with van der Waals surface area (Å²) >= 11 is 6.61. The van der Waals surface area contributed by atoms with Crippen molar-refractivity contribution < 1.29 is 0 Å². The quantitative estimate of drug-likeness (QED) is 0.889. The number of nitrogens with zero attached hydrogens (tertiary/aromatic N) is 1. The van der Waals surface area contributed by atoms with Gasteiger partial charge in [0, 0.05) is 17.6 Å². The largest absolute Gasteiger partial charge is 0.328 e. The lowest BCUT2D eigenvalue weighted by Crippen LogP contribution is -2.30. The van der Waals surface area contributed by atoms with Crippen molar-refractivity contribution in [2.45, 2.75) is 13.5 Å². The molecule has 104 valence electrons. The van der Waals surface area contributed by atoms with E-state index in [-0.39, 0.29) is 11.2 Å². The van der Waals surface area contributed by atoms with Gasteiger partial charge in [0.25, 0.3) is 5.56 Å². The number of rotatable bonds is 2. The zero-order valence-electron chi connectivity index (χ0n) is 10.4. The topological polar surface area (TPSA) is 54.9 Å². The molecule has 0 radical (unpaired) electrons. The Labute approximate surface area is 132 Å². The predicted octanol–water partition coefficient (Wildman–Crippen LogP) is 3.41. The summed E-state index contributed by atoms with van der Waals surface area (Å²) in [5, 5.41) is 6.08. The van der Waals surface area contributed by atoms with Gasteiger partial charge >= 0.3 is 5.69 Å². The van der Waals surface area contributed by atoms with Crippen LogP contribution in [0, 0.1) is 0 Å². The highest BCUT2D eigenvalue weighted by molar-refractivity contribution is 8.35. The Bertz CT molecular complexity index is 747. The second-order valence-electron chi connectivity index (χ2n) is 3.87. The SMILES string of the molecule is CCn1cc(C2=CSC(=C3SC=CS3)S2)c(=O)[nH]c1=O. The summed E-state index contributed by atoms with van der Waals surface area (Å²) in [6.45, 7) is 2.41. The van der Waals surface area contributed by atoms with Gasteiger partial charge in [-0.25, -0.2) is 4.79 Å². The van der Waals surface area contributed by atoms with Crippen LogP contribution in [-0.4, -0.2) is 9.55 Å². The Morgan fingerprint density at radius 1 is 1.15 bits per heavy atom. The van der Waals surface area contributed by atoms with Gasteiger partial charge in [-0.05, 0) is 23.1 Å². The first-order valence-electron chi connectivity index (χ1n) is 5.80. The number of aromatic nitrogens is 2. The standard InChI is InChI=1S/C12H10N2O2S4/c1-2-14-5-7(9(15)13-12(14)16)8-6-19-11(20-8)10-17-3-4-18-10/h3-6H,2H2,1H3,(H,13,15,16). The van der Waals surface area contributed by atoms with Gasteiger partial charge in [0.1, 0.15) is 0 Å². The minimum atomic E-state index is -0.359. The van der Waals surface area contributed by atoms with Crippen molar-refractivity contribution in [2.24, 2.45) is 0 Å². The fourth-order valence-electron chi connectivity index (χ4n) is 1.69. The molecule has 0 saturated carbocycles. The molecule has 0 fully saturated rings. The van der Waals surface area contributed by atoms with E-state index in [0.717, 1.165) is 4.91 Å². The van der Waals surface area contributed by atoms with Crippen molar-refractivity contribution in [3.8, 4) is 0 Å². The Balaban J connectivity index is 1.94. The van der Waals surface area contributed by atoms with E-state index < -0.39 is 0 Å². The summed E-state index contributed by atoms with van der Waals surface area (Å²) < 4.78 is 3.94. The fourth-order valence-corrected chi connectivity index (χ4v) is 6.16. The van der Waals surface area contributed by atoms with Crippen LogP contribution in [0.25, 0.3) is 4.91 Å². The fraction of sp³-hybridized carbons (Fsp3) is 0.167. The number of hydrogen-bond acceptors (Lipinski definition) is 6. The van der Waals surface area contributed by atoms with Gasteiger partial charge < -0.3 is 4.57 Å². The highest BCUT2D eigenvalue weighted by atomic mass is 32.2. The van der Waals surface area contributed by atoms with Crippen LogP contribution in [0.15, 0.2) is 40.5 Å². The monoisotopic (exact) mass is 342 g/mol. The Morgan fingerprint density at radius 2 is 1.90 bits per heavy atom. The summed E-state index contributed by atoms with van der Waals surface area (Å²) in [6, 6.07) is 0. The van der Waals surface area contributed by atoms with Crippen LogP contribution < -0.4 is 11.2 Å². The summed E-state index contributed by atoms with van der Waals surface area (Å²) in [5.41, 5.74) is -0.127. The number of hydrogen-bond donors (Lipinski definition) is 1. The van der Waals surface area contributed by atoms with Gasteiger partial charge in [-0.15, -0.1) is 0 Å². The van der Waals surface area contributed by atoms with Crippen LogP contribution in [0.3, 0.4) is 0 Å². The molecular weight excluding hydrogens is 332 g/mol. The van der Waals surface area contributed by atoms with E-state index >= 15 is 0 Å². The normalized spacial score (nSPS) is 17.9. The summed E-state index contributed by atoms with van der Waals surface area (Å²) in [5.74, 6) is 0. The number of aromatic amines is 1. The second kappa shape index (κ2) is 5.97. The van der Waals surface area contributed by atoms with E-state index in [1.165, 1.54) is 13.0 Å². The van der Waals surface area contributed by atoms with Crippen molar-refractivity contribution in [3.63, 3.8) is 0 Å². The second-order valence-corrected chi connectivity index (χ2v) is 8.15. The highest BCUT2D eigenvalue weighted by Crippen LogP contribution is 2.55. The molecule has 0 bridgehead atoms. The first-order valence-corrected chi connectivity index (χ1v) is 9.26. The molecule has 0 unspecified atom stereocenters. The van der Waals surface area contributed by atoms with Crippen molar-refractivity contribution >= 4 is 52.0 Å². The molecule has 4 nitrogen and oxygen atoms in total. The van der Waals surface area contributed by atoms with E-state index in [1.807, 2.05) is 12.3 Å². The molecule has 1 aromatic rings. The van der Waals surface area contributed by atoms with Crippen LogP contribution in [0.1, 0.15) is 12.5 Å². The third-order valence-electron chi connectivity index (χ3n) is 2.67. The number of H-pyrrole nitrogens is 1. The first kappa shape index (κ1) is 14.2. The minimum absolute atomic E-state index is 0.324. The molecule has 1 aromatic heterocycles. The zero-order valence-corrected chi connectivity index (χ0v) is 13.7. The molecule has 0 aliphatic carbocycles. The molecule has 3 heterocycles. The van der Waals surface area contributed by atoms with Gasteiger partial charge in [-0.3, -0.25) is 9.78 Å². The molecule has 2 aliphatic rings. The average Bonchev–Trinajstić information content (AvgIpc) is 3.09. The first-order chi connectivity index (χ1) is 9.69. The molecule has 0 amide bonds. The van der Waals surface area contributed by atoms with Crippen molar-refractivity contribution in [1.82, 2.24) is 9.55 Å². The molecule has 8 heteroatoms. The third kappa shape index (κ3) is 2.69. The molecule has 0 spiro atoms. The Morgan fingerprint density at radius 3 is 2.60 bits per heavy atom. The molecule has 1 N–H and O–H groups in total. The highest BCUT2D eigenvalue weighted by Gasteiger charge is 2.21. The van der Waals surface area contributed by atoms with E-state index in [2.05, 4.69) is 15.8 Å². The van der Waals surface area contributed by atoms with Crippen LogP contribution in [0.2, 0.25) is 0 Å². The lowest BCUT2D eigenvalue weighted by atomic mass is 10.3. The van der Waals surface area contributed by atoms with Gasteiger partial charge in [0.05, 0.1) is 14.0 Å². The van der Waals surface area contributed by atoms with E-state index in [0.29, 0.717) is 12.1 Å². The van der Waals surface area contributed by atoms with Gasteiger partial charge in [0.2, 0.25) is 0 Å². The summed E-state index contributed by atoms with van der Waals surface area (Å²) in [6.07, 6.45) is 1.64. The Kier molecular flexibility index (Phi) is 4.25. The van der Waals surface area contributed by atoms with Crippen LogP contribution >= 0.6 is 47.0 Å². The number of nitrogens with one attached hydrogen (secondary N) is 1.